The molecule has 0 aliphatic rings. The average Bonchev–Trinajstić information content (AvgIpc) is 2.24. The van der Waals surface area contributed by atoms with Gasteiger partial charge in [0, 0.05) is 6.42 Å². The Balaban J connectivity index is 3.17. The van der Waals surface area contributed by atoms with Crippen molar-refractivity contribution in [2.45, 2.75) is 31.6 Å². The third kappa shape index (κ3) is 3.59. The van der Waals surface area contributed by atoms with Crippen molar-refractivity contribution < 1.29 is 14.6 Å². The van der Waals surface area contributed by atoms with Crippen LogP contribution in [0.15, 0.2) is 24.3 Å². The van der Waals surface area contributed by atoms with Crippen molar-refractivity contribution in [2.24, 2.45) is 0 Å². The molecule has 1 aromatic rings. The second-order valence-corrected chi connectivity index (χ2v) is 10.7. The van der Waals surface area contributed by atoms with Gasteiger partial charge in [-0.15, -0.1) is 0 Å². The summed E-state index contributed by atoms with van der Waals surface area (Å²) in [6.45, 7) is 6.56. The summed E-state index contributed by atoms with van der Waals surface area (Å²) in [4.78, 5) is 11.0. The molecule has 0 saturated carbocycles. The van der Waals surface area contributed by atoms with E-state index in [0.29, 0.717) is 0 Å². The third-order valence-electron chi connectivity index (χ3n) is 2.94. The fourth-order valence-corrected chi connectivity index (χ4v) is 3.97. The first-order valence-corrected chi connectivity index (χ1v) is 9.28. The Bertz CT molecular complexity index is 396. The summed E-state index contributed by atoms with van der Waals surface area (Å²) in [6, 6.07) is 7.71. The third-order valence-corrected chi connectivity index (χ3v) is 5.54. The average molecular weight is 252 g/mol. The van der Waals surface area contributed by atoms with Gasteiger partial charge in [-0.1, -0.05) is 37.8 Å². The number of hydrogen-bond acceptors (Lipinski definition) is 2. The molecule has 1 rings (SSSR count). The zero-order valence-corrected chi connectivity index (χ0v) is 11.9. The van der Waals surface area contributed by atoms with Crippen LogP contribution in [-0.4, -0.2) is 26.3 Å². The summed E-state index contributed by atoms with van der Waals surface area (Å²) in [5.74, 6) is 0.0458. The Morgan fingerprint density at radius 1 is 1.35 bits per heavy atom. The summed E-state index contributed by atoms with van der Waals surface area (Å²) in [5, 5.41) is 9.05. The van der Waals surface area contributed by atoms with E-state index in [9.17, 15) is 4.79 Å². The molecule has 0 aromatic heterocycles. The smallest absolute Gasteiger partial charge is 0.303 e. The fourth-order valence-electron chi connectivity index (χ4n) is 2.01. The first-order valence-electron chi connectivity index (χ1n) is 5.71. The zero-order valence-electron chi connectivity index (χ0n) is 10.9. The van der Waals surface area contributed by atoms with E-state index in [-0.39, 0.29) is 12.0 Å². The van der Waals surface area contributed by atoms with Gasteiger partial charge in [-0.05, 0) is 17.2 Å². The number of carboxylic acids is 1. The molecule has 0 spiro atoms. The van der Waals surface area contributed by atoms with E-state index in [1.54, 1.807) is 7.11 Å². The van der Waals surface area contributed by atoms with E-state index in [4.69, 9.17) is 9.84 Å². The maximum absolute atomic E-state index is 11.0. The van der Waals surface area contributed by atoms with Crippen molar-refractivity contribution in [1.82, 2.24) is 0 Å². The second kappa shape index (κ2) is 5.36. The number of methoxy groups -OCH3 is 1. The van der Waals surface area contributed by atoms with Crippen molar-refractivity contribution in [3.63, 3.8) is 0 Å². The Hall–Kier alpha value is -1.29. The van der Waals surface area contributed by atoms with E-state index in [1.807, 2.05) is 24.3 Å². The summed E-state index contributed by atoms with van der Waals surface area (Å²) in [6.07, 6.45) is 0.177. The molecule has 94 valence electrons. The van der Waals surface area contributed by atoms with Crippen LogP contribution in [0.2, 0.25) is 19.6 Å². The first-order chi connectivity index (χ1) is 7.86. The molecule has 0 unspecified atom stereocenters. The summed E-state index contributed by atoms with van der Waals surface area (Å²) in [5.41, 5.74) is 1.10. The minimum Gasteiger partial charge on any atom is -0.496 e. The van der Waals surface area contributed by atoms with Crippen LogP contribution in [0.25, 0.3) is 0 Å². The molecular formula is C13H20O3Si. The van der Waals surface area contributed by atoms with Gasteiger partial charge in [-0.3, -0.25) is 4.79 Å². The van der Waals surface area contributed by atoms with Gasteiger partial charge in [-0.2, -0.15) is 0 Å². The molecule has 1 N–H and O–H groups in total. The lowest BCUT2D eigenvalue weighted by Gasteiger charge is -2.29. The van der Waals surface area contributed by atoms with E-state index < -0.39 is 14.0 Å². The van der Waals surface area contributed by atoms with E-state index in [0.717, 1.165) is 11.3 Å². The minimum atomic E-state index is -1.60. The van der Waals surface area contributed by atoms with Crippen LogP contribution >= 0.6 is 0 Å². The maximum atomic E-state index is 11.0. The van der Waals surface area contributed by atoms with E-state index in [1.165, 1.54) is 0 Å². The standard InChI is InChI=1S/C13H20O3Si/c1-16-11-8-6-5-7-10(11)12(9-13(14)15)17(2,3)4/h5-8,12H,9H2,1-4H3,(H,14,15)/t12-/m1/s1. The topological polar surface area (TPSA) is 46.5 Å². The molecule has 4 heteroatoms. The van der Waals surface area contributed by atoms with Gasteiger partial charge in [-0.25, -0.2) is 0 Å². The number of para-hydroxylation sites is 1. The number of hydrogen-bond donors (Lipinski definition) is 1. The van der Waals surface area contributed by atoms with Gasteiger partial charge in [0.1, 0.15) is 5.75 Å². The van der Waals surface area contributed by atoms with Crippen LogP contribution in [0.1, 0.15) is 17.5 Å². The number of aliphatic carboxylic acids is 1. The van der Waals surface area contributed by atoms with Crippen LogP contribution in [0.5, 0.6) is 5.75 Å². The van der Waals surface area contributed by atoms with Crippen LogP contribution < -0.4 is 4.74 Å². The molecule has 0 bridgehead atoms. The Morgan fingerprint density at radius 3 is 2.41 bits per heavy atom. The van der Waals surface area contributed by atoms with Crippen molar-refractivity contribution in [3.05, 3.63) is 29.8 Å². The number of benzene rings is 1. The van der Waals surface area contributed by atoms with Gasteiger partial charge in [0.2, 0.25) is 0 Å². The van der Waals surface area contributed by atoms with Crippen molar-refractivity contribution in [1.29, 1.82) is 0 Å². The Morgan fingerprint density at radius 2 is 1.94 bits per heavy atom. The van der Waals surface area contributed by atoms with Crippen molar-refractivity contribution in [2.75, 3.05) is 7.11 Å². The number of rotatable bonds is 5. The molecule has 0 fully saturated rings. The van der Waals surface area contributed by atoms with Gasteiger partial charge in [0.05, 0.1) is 15.2 Å². The minimum absolute atomic E-state index is 0.0798. The van der Waals surface area contributed by atoms with E-state index >= 15 is 0 Å². The largest absolute Gasteiger partial charge is 0.496 e. The zero-order chi connectivity index (χ0) is 13.1. The normalized spacial score (nSPS) is 13.2. The van der Waals surface area contributed by atoms with Gasteiger partial charge >= 0.3 is 5.97 Å². The highest BCUT2D eigenvalue weighted by molar-refractivity contribution is 6.77. The lowest BCUT2D eigenvalue weighted by atomic mass is 10.1. The molecule has 0 heterocycles. The molecule has 0 radical (unpaired) electrons. The molecule has 1 atom stereocenters. The summed E-state index contributed by atoms with van der Waals surface area (Å²) >= 11 is 0. The highest BCUT2D eigenvalue weighted by Crippen LogP contribution is 2.35. The van der Waals surface area contributed by atoms with Crippen molar-refractivity contribution >= 4 is 14.0 Å². The first kappa shape index (κ1) is 13.8. The number of carboxylic acid groups (broad SMARTS) is 1. The van der Waals surface area contributed by atoms with Crippen LogP contribution in [-0.2, 0) is 4.79 Å². The van der Waals surface area contributed by atoms with Crippen molar-refractivity contribution in [3.8, 4) is 5.75 Å². The maximum Gasteiger partial charge on any atom is 0.303 e. The number of ether oxygens (including phenoxy) is 1. The molecule has 0 amide bonds. The van der Waals surface area contributed by atoms with Gasteiger partial charge in [0.15, 0.2) is 0 Å². The van der Waals surface area contributed by atoms with E-state index in [2.05, 4.69) is 19.6 Å². The molecule has 0 saturated heterocycles. The van der Waals surface area contributed by atoms with Gasteiger partial charge < -0.3 is 9.84 Å². The molecule has 1 aromatic carbocycles. The molecule has 0 aliphatic heterocycles. The van der Waals surface area contributed by atoms with Crippen LogP contribution in [0.3, 0.4) is 0 Å². The quantitative estimate of drug-likeness (QED) is 0.819. The highest BCUT2D eigenvalue weighted by Gasteiger charge is 2.31. The molecule has 3 nitrogen and oxygen atoms in total. The van der Waals surface area contributed by atoms with Crippen LogP contribution in [0, 0.1) is 0 Å². The lowest BCUT2D eigenvalue weighted by Crippen LogP contribution is -2.33. The molecule has 0 aliphatic carbocycles. The predicted molar refractivity (Wildman–Crippen MR) is 71.3 cm³/mol. The fraction of sp³-hybridized carbons (Fsp3) is 0.462. The molecule has 17 heavy (non-hydrogen) atoms. The predicted octanol–water partition coefficient (Wildman–Crippen LogP) is 3.13. The Kier molecular flexibility index (Phi) is 4.34. The summed E-state index contributed by atoms with van der Waals surface area (Å²) < 4.78 is 5.33. The van der Waals surface area contributed by atoms with Crippen LogP contribution in [0.4, 0.5) is 0 Å². The lowest BCUT2D eigenvalue weighted by molar-refractivity contribution is -0.137. The summed E-state index contributed by atoms with van der Waals surface area (Å²) in [7, 11) is 0.0271. The molecular weight excluding hydrogens is 232 g/mol. The second-order valence-electron chi connectivity index (χ2n) is 5.26. The Labute approximate surface area is 103 Å². The SMILES string of the molecule is COc1ccccc1[C@@H](CC(=O)O)[Si](C)(C)C. The highest BCUT2D eigenvalue weighted by atomic mass is 28.3. The monoisotopic (exact) mass is 252 g/mol. The number of carbonyl (C=O) groups is 1. The van der Waals surface area contributed by atoms with Gasteiger partial charge in [0.25, 0.3) is 0 Å².